The molecule has 1 N–H and O–H groups in total. The summed E-state index contributed by atoms with van der Waals surface area (Å²) in [5.41, 5.74) is 2.48. The molecule has 19 heavy (non-hydrogen) atoms. The minimum Gasteiger partial charge on any atom is -0.308 e. The van der Waals surface area contributed by atoms with Crippen molar-refractivity contribution in [1.29, 1.82) is 0 Å². The lowest BCUT2D eigenvalue weighted by Crippen LogP contribution is -2.21. The number of aryl methyl sites for hydroxylation is 2. The van der Waals surface area contributed by atoms with Gasteiger partial charge < -0.3 is 5.32 Å². The lowest BCUT2D eigenvalue weighted by Gasteiger charge is -2.18. The van der Waals surface area contributed by atoms with Crippen LogP contribution in [-0.2, 0) is 6.54 Å². The summed E-state index contributed by atoms with van der Waals surface area (Å²) in [4.78, 5) is 0. The molecule has 2 rings (SSSR count). The second-order valence-electron chi connectivity index (χ2n) is 4.61. The van der Waals surface area contributed by atoms with Crippen LogP contribution in [0, 0.1) is 12.7 Å². The number of nitrogens with one attached hydrogen (secondary N) is 1. The number of nitrogens with zero attached hydrogens (tertiary/aromatic N) is 3. The molecule has 102 valence electrons. The van der Waals surface area contributed by atoms with Crippen molar-refractivity contribution in [3.63, 3.8) is 0 Å². The summed E-state index contributed by atoms with van der Waals surface area (Å²) in [5, 5.41) is 11.2. The van der Waals surface area contributed by atoms with Gasteiger partial charge in [0.1, 0.15) is 5.82 Å². The minimum absolute atomic E-state index is 0.100. The maximum atomic E-state index is 13.7. The van der Waals surface area contributed by atoms with E-state index in [0.29, 0.717) is 5.56 Å². The molecule has 0 aliphatic carbocycles. The van der Waals surface area contributed by atoms with Crippen LogP contribution < -0.4 is 5.32 Å². The number of hydrogen-bond acceptors (Lipinski definition) is 3. The fraction of sp³-hybridized carbons (Fsp3) is 0.429. The first-order valence-corrected chi connectivity index (χ1v) is 6.49. The number of aromatic nitrogens is 3. The van der Waals surface area contributed by atoms with E-state index in [2.05, 4.69) is 22.6 Å². The van der Waals surface area contributed by atoms with Crippen molar-refractivity contribution in [1.82, 2.24) is 20.3 Å². The summed E-state index contributed by atoms with van der Waals surface area (Å²) < 4.78 is 15.6. The van der Waals surface area contributed by atoms with Crippen LogP contribution in [0.25, 0.3) is 0 Å². The second kappa shape index (κ2) is 5.93. The average Bonchev–Trinajstić information content (AvgIpc) is 2.83. The average molecular weight is 262 g/mol. The minimum atomic E-state index is -0.188. The molecule has 0 aliphatic rings. The molecule has 1 aromatic carbocycles. The van der Waals surface area contributed by atoms with Crippen LogP contribution in [0.3, 0.4) is 0 Å². The number of rotatable bonds is 5. The molecule has 1 heterocycles. The van der Waals surface area contributed by atoms with Gasteiger partial charge in [0.15, 0.2) is 0 Å². The van der Waals surface area contributed by atoms with Crippen LogP contribution in [0.4, 0.5) is 4.39 Å². The largest absolute Gasteiger partial charge is 0.308 e. The molecular weight excluding hydrogens is 243 g/mol. The summed E-state index contributed by atoms with van der Waals surface area (Å²) >= 11 is 0. The fourth-order valence-corrected chi connectivity index (χ4v) is 2.15. The Balaban J connectivity index is 2.38. The van der Waals surface area contributed by atoms with E-state index >= 15 is 0 Å². The van der Waals surface area contributed by atoms with Gasteiger partial charge in [-0.3, -0.25) is 0 Å². The van der Waals surface area contributed by atoms with Gasteiger partial charge in [0.2, 0.25) is 0 Å². The van der Waals surface area contributed by atoms with Crippen LogP contribution in [-0.4, -0.2) is 22.0 Å². The molecule has 1 unspecified atom stereocenters. The highest BCUT2D eigenvalue weighted by Gasteiger charge is 2.18. The molecule has 0 aliphatic heterocycles. The predicted molar refractivity (Wildman–Crippen MR) is 72.4 cm³/mol. The molecular formula is C14H19FN4. The maximum Gasteiger partial charge on any atom is 0.126 e. The van der Waals surface area contributed by atoms with E-state index in [4.69, 9.17) is 0 Å². The highest BCUT2D eigenvalue weighted by molar-refractivity contribution is 5.30. The first kappa shape index (κ1) is 13.7. The van der Waals surface area contributed by atoms with Crippen molar-refractivity contribution in [2.75, 3.05) is 7.05 Å². The van der Waals surface area contributed by atoms with Gasteiger partial charge in [-0.25, -0.2) is 9.07 Å². The van der Waals surface area contributed by atoms with Gasteiger partial charge >= 0.3 is 0 Å². The van der Waals surface area contributed by atoms with E-state index in [-0.39, 0.29) is 11.9 Å². The van der Waals surface area contributed by atoms with Gasteiger partial charge in [-0.2, -0.15) is 0 Å². The topological polar surface area (TPSA) is 42.7 Å². The zero-order valence-electron chi connectivity index (χ0n) is 11.5. The van der Waals surface area contributed by atoms with Crippen molar-refractivity contribution in [3.8, 4) is 0 Å². The molecule has 0 radical (unpaired) electrons. The molecule has 1 aromatic heterocycles. The zero-order valence-corrected chi connectivity index (χ0v) is 11.5. The Bertz CT molecular complexity index is 550. The monoisotopic (exact) mass is 262 g/mol. The number of benzene rings is 1. The summed E-state index contributed by atoms with van der Waals surface area (Å²) in [5.74, 6) is -0.188. The third-order valence-corrected chi connectivity index (χ3v) is 3.20. The van der Waals surface area contributed by atoms with E-state index in [1.807, 2.05) is 17.8 Å². The molecule has 4 nitrogen and oxygen atoms in total. The van der Waals surface area contributed by atoms with Gasteiger partial charge in [-0.15, -0.1) is 5.10 Å². The maximum absolute atomic E-state index is 13.7. The summed E-state index contributed by atoms with van der Waals surface area (Å²) in [6, 6.07) is 5.20. The molecule has 0 amide bonds. The smallest absolute Gasteiger partial charge is 0.126 e. The lowest BCUT2D eigenvalue weighted by atomic mass is 10.0. The summed E-state index contributed by atoms with van der Waals surface area (Å²) in [7, 11) is 1.85. The van der Waals surface area contributed by atoms with Gasteiger partial charge in [-0.05, 0) is 37.6 Å². The van der Waals surface area contributed by atoms with Gasteiger partial charge in [0, 0.05) is 6.54 Å². The van der Waals surface area contributed by atoms with Crippen LogP contribution in [0.1, 0.15) is 36.2 Å². The van der Waals surface area contributed by atoms with Crippen molar-refractivity contribution in [2.45, 2.75) is 32.9 Å². The lowest BCUT2D eigenvalue weighted by molar-refractivity contribution is 0.521. The van der Waals surface area contributed by atoms with E-state index in [1.54, 1.807) is 25.3 Å². The Kier molecular flexibility index (Phi) is 4.27. The molecule has 0 saturated heterocycles. The molecule has 0 spiro atoms. The second-order valence-corrected chi connectivity index (χ2v) is 4.61. The molecule has 2 aromatic rings. The van der Waals surface area contributed by atoms with Crippen molar-refractivity contribution in [3.05, 3.63) is 47.0 Å². The van der Waals surface area contributed by atoms with E-state index in [0.717, 1.165) is 24.2 Å². The highest BCUT2D eigenvalue weighted by atomic mass is 19.1. The fourth-order valence-electron chi connectivity index (χ4n) is 2.15. The normalized spacial score (nSPS) is 12.6. The van der Waals surface area contributed by atoms with Crippen LogP contribution in [0.5, 0.6) is 0 Å². The molecule has 1 atom stereocenters. The first-order chi connectivity index (χ1) is 9.17. The molecule has 5 heteroatoms. The molecule has 0 fully saturated rings. The van der Waals surface area contributed by atoms with Crippen molar-refractivity contribution >= 4 is 0 Å². The Morgan fingerprint density at radius 3 is 2.84 bits per heavy atom. The van der Waals surface area contributed by atoms with Crippen LogP contribution in [0.15, 0.2) is 24.4 Å². The van der Waals surface area contributed by atoms with E-state index in [1.165, 1.54) is 0 Å². The Hall–Kier alpha value is -1.75. The van der Waals surface area contributed by atoms with Gasteiger partial charge in [-0.1, -0.05) is 24.3 Å². The van der Waals surface area contributed by atoms with E-state index < -0.39 is 0 Å². The third kappa shape index (κ3) is 2.81. The third-order valence-electron chi connectivity index (χ3n) is 3.20. The quantitative estimate of drug-likeness (QED) is 0.900. The predicted octanol–water partition coefficient (Wildman–Crippen LogP) is 2.44. The van der Waals surface area contributed by atoms with Gasteiger partial charge in [0.25, 0.3) is 0 Å². The first-order valence-electron chi connectivity index (χ1n) is 6.49. The SMILES string of the molecule is CCCn1nncc1C(NC)c1ccc(C)c(F)c1. The number of hydrogen-bond donors (Lipinski definition) is 1. The zero-order chi connectivity index (χ0) is 13.8. The summed E-state index contributed by atoms with van der Waals surface area (Å²) in [6.07, 6.45) is 2.71. The highest BCUT2D eigenvalue weighted by Crippen LogP contribution is 2.22. The molecule has 0 saturated carbocycles. The van der Waals surface area contributed by atoms with Gasteiger partial charge in [0.05, 0.1) is 17.9 Å². The van der Waals surface area contributed by atoms with Crippen LogP contribution >= 0.6 is 0 Å². The van der Waals surface area contributed by atoms with Crippen molar-refractivity contribution < 1.29 is 4.39 Å². The standard InChI is InChI=1S/C14H19FN4/c1-4-7-19-13(9-17-18-19)14(16-3)11-6-5-10(2)12(15)8-11/h5-6,8-9,14,16H,4,7H2,1-3H3. The van der Waals surface area contributed by atoms with E-state index in [9.17, 15) is 4.39 Å². The summed E-state index contributed by atoms with van der Waals surface area (Å²) in [6.45, 7) is 4.66. The Morgan fingerprint density at radius 2 is 2.21 bits per heavy atom. The number of halogens is 1. The Morgan fingerprint density at radius 1 is 1.42 bits per heavy atom. The molecule has 0 bridgehead atoms. The Labute approximate surface area is 112 Å². The van der Waals surface area contributed by atoms with Crippen molar-refractivity contribution in [2.24, 2.45) is 0 Å². The van der Waals surface area contributed by atoms with Crippen LogP contribution in [0.2, 0.25) is 0 Å².